The summed E-state index contributed by atoms with van der Waals surface area (Å²) >= 11 is 0. The number of carbonyl (C=O) groups excluding carboxylic acids is 1. The number of hydrogen-bond donors (Lipinski definition) is 1. The van der Waals surface area contributed by atoms with Crippen LogP contribution in [0.4, 0.5) is 0 Å². The molecule has 32 heavy (non-hydrogen) atoms. The molecular weight excluding hydrogens is 396 g/mol. The molecule has 0 radical (unpaired) electrons. The van der Waals surface area contributed by atoms with Crippen molar-refractivity contribution in [1.82, 2.24) is 0 Å². The van der Waals surface area contributed by atoms with Gasteiger partial charge < -0.3 is 9.84 Å². The minimum atomic E-state index is -0.501. The lowest BCUT2D eigenvalue weighted by Crippen LogP contribution is -2.04. The van der Waals surface area contributed by atoms with E-state index in [1.165, 1.54) is 0 Å². The van der Waals surface area contributed by atoms with Crippen molar-refractivity contribution in [3.8, 4) is 0 Å². The largest absolute Gasteiger partial charge is 0.460 e. The summed E-state index contributed by atoms with van der Waals surface area (Å²) in [4.78, 5) is 10.1. The number of ether oxygens (including phenoxy) is 1. The number of rotatable bonds is 3. The smallest absolute Gasteiger partial charge is 0.330 e. The standard InChI is InChI=1S/C5H8O3.8C3H6/c1-2-5(7)8-4-3-6;8*1-3-2/h2,6H,1,3-4H2;8*3H,1H2,2H3. The average Bonchev–Trinajstić information content (AvgIpc) is 2.71. The summed E-state index contributed by atoms with van der Waals surface area (Å²) in [5, 5.41) is 8.10. The molecule has 190 valence electrons. The minimum Gasteiger partial charge on any atom is -0.460 e. The lowest BCUT2D eigenvalue weighted by molar-refractivity contribution is -0.138. The van der Waals surface area contributed by atoms with Crippen LogP contribution in [0.1, 0.15) is 55.4 Å². The van der Waals surface area contributed by atoms with E-state index in [0.717, 1.165) is 6.08 Å². The van der Waals surface area contributed by atoms with Gasteiger partial charge in [0.25, 0.3) is 0 Å². The third-order valence-electron chi connectivity index (χ3n) is 0.502. The molecule has 1 N–H and O–H groups in total. The van der Waals surface area contributed by atoms with E-state index < -0.39 is 5.97 Å². The first-order chi connectivity index (χ1) is 15.1. The summed E-state index contributed by atoms with van der Waals surface area (Å²) in [6, 6.07) is 0. The molecule has 3 nitrogen and oxygen atoms in total. The zero-order valence-electron chi connectivity index (χ0n) is 22.7. The number of carbonyl (C=O) groups is 1. The minimum absolute atomic E-state index is 0.0465. The average molecular weight is 453 g/mol. The highest BCUT2D eigenvalue weighted by molar-refractivity contribution is 5.81. The second-order valence-electron chi connectivity index (χ2n) is 4.36. The summed E-state index contributed by atoms with van der Waals surface area (Å²) in [5.74, 6) is -0.501. The van der Waals surface area contributed by atoms with E-state index in [-0.39, 0.29) is 13.2 Å². The number of hydrogen-bond acceptors (Lipinski definition) is 3. The third kappa shape index (κ3) is 1930. The molecule has 0 aromatic heterocycles. The van der Waals surface area contributed by atoms with Gasteiger partial charge >= 0.3 is 5.97 Å². The Labute approximate surface area is 203 Å². The van der Waals surface area contributed by atoms with E-state index in [1.807, 2.05) is 55.4 Å². The van der Waals surface area contributed by atoms with Crippen LogP contribution >= 0.6 is 0 Å². The predicted octanol–water partition coefficient (Wildman–Crippen LogP) is 9.25. The van der Waals surface area contributed by atoms with Gasteiger partial charge in [0.05, 0.1) is 6.61 Å². The van der Waals surface area contributed by atoms with Crippen molar-refractivity contribution >= 4 is 5.97 Å². The fourth-order valence-electron chi connectivity index (χ4n) is 0.205. The van der Waals surface area contributed by atoms with Gasteiger partial charge in [0, 0.05) is 6.08 Å². The summed E-state index contributed by atoms with van der Waals surface area (Å²) in [6.07, 6.45) is 15.1. The SMILES string of the molecule is C=CC.C=CC.C=CC.C=CC.C=CC.C=CC.C=CC.C=CC.C=CC(=O)OCCO. The Morgan fingerprint density at radius 2 is 0.719 bits per heavy atom. The molecular formula is C29H56O3. The summed E-state index contributed by atoms with van der Waals surface area (Å²) < 4.78 is 4.33. The van der Waals surface area contributed by atoms with Gasteiger partial charge in [-0.25, -0.2) is 4.79 Å². The Morgan fingerprint density at radius 3 is 0.812 bits per heavy atom. The zero-order valence-corrected chi connectivity index (χ0v) is 22.7. The van der Waals surface area contributed by atoms with Crippen molar-refractivity contribution < 1.29 is 14.6 Å². The monoisotopic (exact) mass is 452 g/mol. The normalized spacial score (nSPS) is 5.28. The number of aliphatic hydroxyl groups excluding tert-OH is 1. The second-order valence-corrected chi connectivity index (χ2v) is 4.36. The van der Waals surface area contributed by atoms with Gasteiger partial charge in [-0.2, -0.15) is 0 Å². The van der Waals surface area contributed by atoms with Crippen molar-refractivity contribution in [3.05, 3.63) is 114 Å². The highest BCUT2D eigenvalue weighted by atomic mass is 16.5. The van der Waals surface area contributed by atoms with Crippen molar-refractivity contribution in [2.24, 2.45) is 0 Å². The van der Waals surface area contributed by atoms with Gasteiger partial charge in [0.2, 0.25) is 0 Å². The number of allylic oxidation sites excluding steroid dienone is 8. The van der Waals surface area contributed by atoms with Gasteiger partial charge in [-0.3, -0.25) is 0 Å². The van der Waals surface area contributed by atoms with Gasteiger partial charge in [0.15, 0.2) is 0 Å². The topological polar surface area (TPSA) is 46.5 Å². The van der Waals surface area contributed by atoms with Crippen LogP contribution in [-0.2, 0) is 9.53 Å². The van der Waals surface area contributed by atoms with Crippen LogP contribution in [0.2, 0.25) is 0 Å². The van der Waals surface area contributed by atoms with Crippen LogP contribution in [0.15, 0.2) is 114 Å². The van der Waals surface area contributed by atoms with E-state index >= 15 is 0 Å². The Kier molecular flexibility index (Phi) is 251. The van der Waals surface area contributed by atoms with E-state index in [2.05, 4.69) is 63.9 Å². The molecule has 0 aromatic rings. The van der Waals surface area contributed by atoms with E-state index in [0.29, 0.717) is 0 Å². The molecule has 0 atom stereocenters. The van der Waals surface area contributed by atoms with Crippen LogP contribution < -0.4 is 0 Å². The van der Waals surface area contributed by atoms with Gasteiger partial charge in [-0.15, -0.1) is 52.6 Å². The molecule has 0 saturated carbocycles. The van der Waals surface area contributed by atoms with Gasteiger partial charge in [0.1, 0.15) is 6.61 Å². The van der Waals surface area contributed by atoms with Gasteiger partial charge in [-0.05, 0) is 55.4 Å². The first-order valence-electron chi connectivity index (χ1n) is 10.1. The quantitative estimate of drug-likeness (QED) is 0.263. The van der Waals surface area contributed by atoms with Crippen LogP contribution in [0, 0.1) is 0 Å². The number of aliphatic hydroxyl groups is 1. The lowest BCUT2D eigenvalue weighted by Gasteiger charge is -1.94. The molecule has 0 unspecified atom stereocenters. The number of esters is 1. The Hall–Kier alpha value is -2.91. The molecule has 0 aliphatic heterocycles. The maximum Gasteiger partial charge on any atom is 0.330 e. The van der Waals surface area contributed by atoms with Crippen molar-refractivity contribution in [2.45, 2.75) is 55.4 Å². The Morgan fingerprint density at radius 1 is 0.562 bits per heavy atom. The molecule has 0 fully saturated rings. The van der Waals surface area contributed by atoms with E-state index in [1.54, 1.807) is 48.6 Å². The lowest BCUT2D eigenvalue weighted by atomic mass is 10.6. The molecule has 0 amide bonds. The van der Waals surface area contributed by atoms with Gasteiger partial charge in [-0.1, -0.05) is 55.2 Å². The van der Waals surface area contributed by atoms with Crippen LogP contribution in [0.5, 0.6) is 0 Å². The second kappa shape index (κ2) is 141. The first kappa shape index (κ1) is 56.9. The van der Waals surface area contributed by atoms with Crippen molar-refractivity contribution in [1.29, 1.82) is 0 Å². The molecule has 0 spiro atoms. The highest BCUT2D eigenvalue weighted by Gasteiger charge is 1.90. The molecule has 0 aliphatic rings. The van der Waals surface area contributed by atoms with Crippen molar-refractivity contribution in [3.63, 3.8) is 0 Å². The van der Waals surface area contributed by atoms with E-state index in [9.17, 15) is 4.79 Å². The molecule has 3 heteroatoms. The summed E-state index contributed by atoms with van der Waals surface area (Å²) in [5.41, 5.74) is 0. The Bertz CT molecular complexity index is 293. The van der Waals surface area contributed by atoms with Crippen LogP contribution in [0.25, 0.3) is 0 Å². The fourth-order valence-corrected chi connectivity index (χ4v) is 0.205. The predicted molar refractivity (Wildman–Crippen MR) is 155 cm³/mol. The maximum atomic E-state index is 10.1. The Balaban J connectivity index is -0.0000000277. The zero-order chi connectivity index (χ0) is 28.1. The molecule has 0 aromatic carbocycles. The third-order valence-corrected chi connectivity index (χ3v) is 0.502. The molecule has 0 rings (SSSR count). The summed E-state index contributed by atoms with van der Waals surface area (Å²) in [7, 11) is 0. The molecule has 0 aliphatic carbocycles. The van der Waals surface area contributed by atoms with E-state index in [4.69, 9.17) is 5.11 Å². The van der Waals surface area contributed by atoms with Crippen LogP contribution in [0.3, 0.4) is 0 Å². The molecule has 0 bridgehead atoms. The first-order valence-corrected chi connectivity index (χ1v) is 10.1. The highest BCUT2D eigenvalue weighted by Crippen LogP contribution is 1.75. The maximum absolute atomic E-state index is 10.1. The summed E-state index contributed by atoms with van der Waals surface area (Å²) in [6.45, 7) is 45.1. The van der Waals surface area contributed by atoms with Crippen LogP contribution in [-0.4, -0.2) is 24.3 Å². The molecule has 0 heterocycles. The fraction of sp³-hybridized carbons (Fsp3) is 0.345. The van der Waals surface area contributed by atoms with Crippen molar-refractivity contribution in [2.75, 3.05) is 13.2 Å². The molecule has 0 saturated heterocycles.